The fourth-order valence-corrected chi connectivity index (χ4v) is 1.49. The highest BCUT2D eigenvalue weighted by Gasteiger charge is 2.45. The summed E-state index contributed by atoms with van der Waals surface area (Å²) in [6.45, 7) is 0. The first kappa shape index (κ1) is 13.4. The summed E-state index contributed by atoms with van der Waals surface area (Å²) in [4.78, 5) is 11.1. The van der Waals surface area contributed by atoms with Crippen molar-refractivity contribution >= 4 is 11.6 Å². The Hall–Kier alpha value is -1.67. The van der Waals surface area contributed by atoms with E-state index >= 15 is 0 Å². The lowest BCUT2D eigenvalue weighted by atomic mass is 9.94. The highest BCUT2D eigenvalue weighted by Crippen LogP contribution is 2.35. The summed E-state index contributed by atoms with van der Waals surface area (Å²) in [7, 11) is 1.00. The number of benzene rings is 1. The van der Waals surface area contributed by atoms with Crippen LogP contribution < -0.4 is 5.32 Å². The molecule has 7 nitrogen and oxygen atoms in total. The number of carbonyl (C=O) groups excluding carboxylic acids is 1. The molecule has 17 heavy (non-hydrogen) atoms. The van der Waals surface area contributed by atoms with Crippen LogP contribution in [0.2, 0.25) is 0 Å². The molecule has 0 aromatic heterocycles. The molecule has 7 heteroatoms. The van der Waals surface area contributed by atoms with E-state index in [4.69, 9.17) is 10.2 Å². The first-order valence-corrected chi connectivity index (χ1v) is 4.65. The molecule has 1 aliphatic rings. The number of aliphatic hydroxyl groups excluding tert-OH is 2. The van der Waals surface area contributed by atoms with Crippen LogP contribution in [0.4, 0.5) is 5.69 Å². The second-order valence-electron chi connectivity index (χ2n) is 3.35. The van der Waals surface area contributed by atoms with Crippen LogP contribution in [0.3, 0.4) is 0 Å². The molecule has 0 bridgehead atoms. The molecule has 1 aliphatic heterocycles. The summed E-state index contributed by atoms with van der Waals surface area (Å²) in [5.41, 5.74) is 0.00250. The van der Waals surface area contributed by atoms with E-state index in [0.29, 0.717) is 0 Å². The molecular weight excluding hydrogens is 230 g/mol. The Morgan fingerprint density at radius 2 is 1.88 bits per heavy atom. The zero-order chi connectivity index (χ0) is 13.2. The molecule has 1 aromatic rings. The van der Waals surface area contributed by atoms with Crippen LogP contribution in [0.25, 0.3) is 0 Å². The molecule has 1 amide bonds. The van der Waals surface area contributed by atoms with Crippen LogP contribution in [-0.2, 0) is 10.6 Å². The van der Waals surface area contributed by atoms with Gasteiger partial charge >= 0.3 is 0 Å². The third-order valence-corrected chi connectivity index (χ3v) is 2.29. The molecule has 0 saturated carbocycles. The molecule has 2 rings (SSSR count). The Kier molecular flexibility index (Phi) is 3.69. The predicted molar refractivity (Wildman–Crippen MR) is 57.0 cm³/mol. The Labute approximate surface area is 96.6 Å². The molecule has 6 N–H and O–H groups in total. The minimum Gasteiger partial charge on any atom is -0.508 e. The summed E-state index contributed by atoms with van der Waals surface area (Å²) in [5, 5.41) is 46.7. The highest BCUT2D eigenvalue weighted by molar-refractivity contribution is 5.98. The monoisotopic (exact) mass is 243 g/mol. The molecule has 1 atom stereocenters. The Balaban J connectivity index is 0.000000686. The predicted octanol–water partition coefficient (Wildman–Crippen LogP) is -1.55. The van der Waals surface area contributed by atoms with E-state index in [1.54, 1.807) is 0 Å². The van der Waals surface area contributed by atoms with Crippen molar-refractivity contribution in [3.8, 4) is 5.75 Å². The van der Waals surface area contributed by atoms with Crippen LogP contribution in [0.15, 0.2) is 18.2 Å². The number of aliphatic hydroxyl groups is 4. The first-order valence-electron chi connectivity index (χ1n) is 4.65. The lowest BCUT2D eigenvalue weighted by Gasteiger charge is -2.33. The van der Waals surface area contributed by atoms with Crippen molar-refractivity contribution in [2.75, 3.05) is 12.4 Å². The molecule has 1 unspecified atom stereocenters. The van der Waals surface area contributed by atoms with Crippen LogP contribution >= 0.6 is 0 Å². The number of aromatic hydroxyl groups is 1. The fraction of sp³-hybridized carbons (Fsp3) is 0.300. The molecule has 0 aliphatic carbocycles. The fourth-order valence-electron chi connectivity index (χ4n) is 1.49. The Bertz CT molecular complexity index is 431. The van der Waals surface area contributed by atoms with Gasteiger partial charge in [0.15, 0.2) is 6.10 Å². The minimum atomic E-state index is -2.63. The van der Waals surface area contributed by atoms with E-state index in [0.717, 1.165) is 7.11 Å². The van der Waals surface area contributed by atoms with E-state index in [1.807, 2.05) is 0 Å². The van der Waals surface area contributed by atoms with Gasteiger partial charge in [0, 0.05) is 18.7 Å². The van der Waals surface area contributed by atoms with E-state index in [1.165, 1.54) is 18.2 Å². The second-order valence-corrected chi connectivity index (χ2v) is 3.35. The molecule has 1 heterocycles. The van der Waals surface area contributed by atoms with Crippen molar-refractivity contribution in [3.63, 3.8) is 0 Å². The molecule has 94 valence electrons. The van der Waals surface area contributed by atoms with Crippen molar-refractivity contribution in [2.24, 2.45) is 0 Å². The van der Waals surface area contributed by atoms with Gasteiger partial charge in [-0.2, -0.15) is 0 Å². The third-order valence-electron chi connectivity index (χ3n) is 2.29. The number of rotatable bonds is 0. The zero-order valence-corrected chi connectivity index (χ0v) is 8.95. The normalized spacial score (nSPS) is 20.8. The standard InChI is InChI=1S/C9H9NO5.CH4O/c11-4-1-2-5-6(3-4)10-8(13)7(12)9(5,14)15;1-2/h1-3,7,11-12,14-15H,(H,10,13);2H,1H3. The van der Waals surface area contributed by atoms with Crippen molar-refractivity contribution in [2.45, 2.75) is 11.9 Å². The Morgan fingerprint density at radius 1 is 1.29 bits per heavy atom. The summed E-state index contributed by atoms with van der Waals surface area (Å²) in [5.74, 6) is -3.69. The lowest BCUT2D eigenvalue weighted by molar-refractivity contribution is -0.230. The maximum absolute atomic E-state index is 11.1. The van der Waals surface area contributed by atoms with Crippen molar-refractivity contribution < 1.29 is 30.3 Å². The smallest absolute Gasteiger partial charge is 0.259 e. The van der Waals surface area contributed by atoms with E-state index in [9.17, 15) is 20.1 Å². The Morgan fingerprint density at radius 3 is 2.47 bits per heavy atom. The summed E-state index contributed by atoms with van der Waals surface area (Å²) >= 11 is 0. The number of fused-ring (bicyclic) bond motifs is 1. The number of anilines is 1. The number of amides is 1. The van der Waals surface area contributed by atoms with Gasteiger partial charge in [0.05, 0.1) is 5.69 Å². The molecule has 0 radical (unpaired) electrons. The van der Waals surface area contributed by atoms with Crippen molar-refractivity contribution in [1.82, 2.24) is 0 Å². The maximum atomic E-state index is 11.1. The van der Waals surface area contributed by atoms with E-state index < -0.39 is 17.8 Å². The molecule has 1 aromatic carbocycles. The average Bonchev–Trinajstić information content (AvgIpc) is 2.29. The van der Waals surface area contributed by atoms with Gasteiger partial charge in [0.2, 0.25) is 5.79 Å². The highest BCUT2D eigenvalue weighted by atomic mass is 16.5. The van der Waals surface area contributed by atoms with E-state index in [2.05, 4.69) is 5.32 Å². The topological polar surface area (TPSA) is 130 Å². The van der Waals surface area contributed by atoms with Gasteiger partial charge in [-0.05, 0) is 12.1 Å². The number of phenols is 1. The minimum absolute atomic E-state index is 0.0626. The third kappa shape index (κ3) is 2.22. The first-order chi connectivity index (χ1) is 7.93. The van der Waals surface area contributed by atoms with Crippen LogP contribution in [0.1, 0.15) is 5.56 Å². The summed E-state index contributed by atoms with van der Waals surface area (Å²) in [6, 6.07) is 3.61. The van der Waals surface area contributed by atoms with Gasteiger partial charge in [-0.3, -0.25) is 4.79 Å². The van der Waals surface area contributed by atoms with Gasteiger partial charge in [-0.1, -0.05) is 0 Å². The largest absolute Gasteiger partial charge is 0.508 e. The lowest BCUT2D eigenvalue weighted by Crippen LogP contribution is -2.50. The van der Waals surface area contributed by atoms with Gasteiger partial charge < -0.3 is 30.8 Å². The van der Waals surface area contributed by atoms with Gasteiger partial charge in [0.1, 0.15) is 5.75 Å². The van der Waals surface area contributed by atoms with E-state index in [-0.39, 0.29) is 17.0 Å². The molecule has 0 spiro atoms. The van der Waals surface area contributed by atoms with Gasteiger partial charge in [0.25, 0.3) is 5.91 Å². The second kappa shape index (κ2) is 4.68. The van der Waals surface area contributed by atoms with Crippen LogP contribution in [-0.4, -0.2) is 44.7 Å². The van der Waals surface area contributed by atoms with Crippen molar-refractivity contribution in [1.29, 1.82) is 0 Å². The SMILES string of the molecule is CO.O=C1Nc2cc(O)ccc2C(O)(O)C1O. The maximum Gasteiger partial charge on any atom is 0.259 e. The number of carbonyl (C=O) groups is 1. The summed E-state index contributed by atoms with van der Waals surface area (Å²) in [6.07, 6.45) is -1.95. The number of hydrogen-bond donors (Lipinski definition) is 6. The molecular formula is C10H13NO6. The van der Waals surface area contributed by atoms with Gasteiger partial charge in [-0.15, -0.1) is 0 Å². The van der Waals surface area contributed by atoms with Crippen LogP contribution in [0, 0.1) is 0 Å². The van der Waals surface area contributed by atoms with Gasteiger partial charge in [-0.25, -0.2) is 0 Å². The number of nitrogens with one attached hydrogen (secondary N) is 1. The van der Waals surface area contributed by atoms with Crippen LogP contribution in [0.5, 0.6) is 5.75 Å². The van der Waals surface area contributed by atoms with Crippen molar-refractivity contribution in [3.05, 3.63) is 23.8 Å². The number of phenolic OH excluding ortho intramolecular Hbond substituents is 1. The average molecular weight is 243 g/mol. The summed E-state index contributed by atoms with van der Waals surface area (Å²) < 4.78 is 0. The zero-order valence-electron chi connectivity index (χ0n) is 8.95. The quantitative estimate of drug-likeness (QED) is 0.306. The molecule has 0 fully saturated rings. The number of hydrogen-bond acceptors (Lipinski definition) is 6. The molecule has 0 saturated heterocycles.